The lowest BCUT2D eigenvalue weighted by Gasteiger charge is -2.37. The Balaban J connectivity index is 1.52. The zero-order chi connectivity index (χ0) is 20.5. The van der Waals surface area contributed by atoms with Crippen molar-refractivity contribution in [2.75, 3.05) is 39.8 Å². The Kier molecular flexibility index (Phi) is 5.48. The highest BCUT2D eigenvalue weighted by atomic mass is 16.3. The van der Waals surface area contributed by atoms with Crippen LogP contribution in [0.3, 0.4) is 0 Å². The van der Waals surface area contributed by atoms with Crippen LogP contribution < -0.4 is 5.32 Å². The van der Waals surface area contributed by atoms with Crippen molar-refractivity contribution in [3.05, 3.63) is 58.7 Å². The molecule has 1 fully saturated rings. The van der Waals surface area contributed by atoms with Gasteiger partial charge < -0.3 is 19.1 Å². The molecule has 1 aliphatic rings. The summed E-state index contributed by atoms with van der Waals surface area (Å²) < 4.78 is 11.8. The zero-order valence-corrected chi connectivity index (χ0v) is 17.6. The number of hydrogen-bond acceptors (Lipinski definition) is 5. The molecule has 0 radical (unpaired) electrons. The summed E-state index contributed by atoms with van der Waals surface area (Å²) in [6, 6.07) is 10.0. The molecular weight excluding hydrogens is 366 g/mol. The SMILES string of the molecule is Cc1ccc2c(C)c(C(=O)NC[C@@H](c3ccc(C)o3)N3CCN(C)CC3)oc2c1. The lowest BCUT2D eigenvalue weighted by Crippen LogP contribution is -2.48. The Bertz CT molecular complexity index is 1010. The Morgan fingerprint density at radius 3 is 2.52 bits per heavy atom. The molecule has 0 aliphatic carbocycles. The molecule has 0 saturated carbocycles. The van der Waals surface area contributed by atoms with Gasteiger partial charge in [-0.1, -0.05) is 12.1 Å². The summed E-state index contributed by atoms with van der Waals surface area (Å²) in [6.45, 7) is 10.3. The van der Waals surface area contributed by atoms with Crippen LogP contribution in [-0.2, 0) is 0 Å². The number of carbonyl (C=O) groups excluding carboxylic acids is 1. The fourth-order valence-corrected chi connectivity index (χ4v) is 3.99. The number of fused-ring (bicyclic) bond motifs is 1. The molecule has 1 atom stereocenters. The molecule has 0 bridgehead atoms. The number of nitrogens with zero attached hydrogens (tertiary/aromatic N) is 2. The van der Waals surface area contributed by atoms with Crippen molar-refractivity contribution in [2.45, 2.75) is 26.8 Å². The standard InChI is InChI=1S/C23H29N3O3/c1-15-5-7-18-17(3)22(29-21(18)13-15)23(27)24-14-19(20-8-6-16(2)28-20)26-11-9-25(4)10-12-26/h5-8,13,19H,9-12,14H2,1-4H3,(H,24,27)/t19-/m0/s1. The zero-order valence-electron chi connectivity index (χ0n) is 17.6. The van der Waals surface area contributed by atoms with Crippen molar-refractivity contribution in [1.82, 2.24) is 15.1 Å². The Morgan fingerprint density at radius 1 is 1.07 bits per heavy atom. The molecule has 1 N–H and O–H groups in total. The molecular formula is C23H29N3O3. The smallest absolute Gasteiger partial charge is 0.287 e. The minimum atomic E-state index is -0.182. The van der Waals surface area contributed by atoms with Gasteiger partial charge >= 0.3 is 0 Å². The van der Waals surface area contributed by atoms with Gasteiger partial charge in [0.05, 0.1) is 6.04 Å². The number of rotatable bonds is 5. The number of furan rings is 2. The monoisotopic (exact) mass is 395 g/mol. The van der Waals surface area contributed by atoms with Crippen LogP contribution in [0.5, 0.6) is 0 Å². The van der Waals surface area contributed by atoms with Crippen LogP contribution in [0.1, 0.15) is 39.2 Å². The number of benzene rings is 1. The average molecular weight is 396 g/mol. The van der Waals surface area contributed by atoms with Gasteiger partial charge in [0.2, 0.25) is 0 Å². The van der Waals surface area contributed by atoms with E-state index in [9.17, 15) is 4.79 Å². The summed E-state index contributed by atoms with van der Waals surface area (Å²) in [4.78, 5) is 17.6. The highest BCUT2D eigenvalue weighted by Gasteiger charge is 2.27. The van der Waals surface area contributed by atoms with Gasteiger partial charge in [0.15, 0.2) is 5.76 Å². The van der Waals surface area contributed by atoms with E-state index in [4.69, 9.17) is 8.83 Å². The van der Waals surface area contributed by atoms with Crippen LogP contribution in [0.15, 0.2) is 39.2 Å². The molecule has 1 aromatic carbocycles. The molecule has 0 spiro atoms. The van der Waals surface area contributed by atoms with Gasteiger partial charge in [-0.15, -0.1) is 0 Å². The Morgan fingerprint density at radius 2 is 1.83 bits per heavy atom. The van der Waals surface area contributed by atoms with Crippen molar-refractivity contribution in [3.8, 4) is 0 Å². The van der Waals surface area contributed by atoms with Crippen LogP contribution >= 0.6 is 0 Å². The number of piperazine rings is 1. The molecule has 1 aliphatic heterocycles. The van der Waals surface area contributed by atoms with Gasteiger partial charge in [0.25, 0.3) is 5.91 Å². The van der Waals surface area contributed by atoms with Crippen molar-refractivity contribution < 1.29 is 13.6 Å². The third-order valence-corrected chi connectivity index (χ3v) is 5.82. The maximum absolute atomic E-state index is 12.9. The fraction of sp³-hybridized carbons (Fsp3) is 0.435. The summed E-state index contributed by atoms with van der Waals surface area (Å²) in [7, 11) is 2.14. The van der Waals surface area contributed by atoms with E-state index in [-0.39, 0.29) is 11.9 Å². The topological polar surface area (TPSA) is 61.9 Å². The third kappa shape index (κ3) is 4.09. The number of hydrogen-bond donors (Lipinski definition) is 1. The van der Waals surface area contributed by atoms with Gasteiger partial charge in [0.1, 0.15) is 17.1 Å². The summed E-state index contributed by atoms with van der Waals surface area (Å²) in [5.74, 6) is 1.98. The molecule has 4 rings (SSSR count). The van der Waals surface area contributed by atoms with Gasteiger partial charge in [-0.2, -0.15) is 0 Å². The second-order valence-electron chi connectivity index (χ2n) is 8.07. The first-order valence-corrected chi connectivity index (χ1v) is 10.2. The second-order valence-corrected chi connectivity index (χ2v) is 8.07. The molecule has 0 unspecified atom stereocenters. The van der Waals surface area contributed by atoms with E-state index in [1.54, 1.807) is 0 Å². The maximum atomic E-state index is 12.9. The van der Waals surface area contributed by atoms with Crippen molar-refractivity contribution >= 4 is 16.9 Å². The van der Waals surface area contributed by atoms with E-state index in [1.165, 1.54) is 0 Å². The van der Waals surface area contributed by atoms with Crippen molar-refractivity contribution in [1.29, 1.82) is 0 Å². The molecule has 2 aromatic heterocycles. The minimum Gasteiger partial charge on any atom is -0.465 e. The largest absolute Gasteiger partial charge is 0.465 e. The first-order valence-electron chi connectivity index (χ1n) is 10.2. The lowest BCUT2D eigenvalue weighted by molar-refractivity contribution is 0.0831. The average Bonchev–Trinajstić information content (AvgIpc) is 3.26. The van der Waals surface area contributed by atoms with Crippen molar-refractivity contribution in [2.24, 2.45) is 0 Å². The normalized spacial score (nSPS) is 17.0. The lowest BCUT2D eigenvalue weighted by atomic mass is 10.1. The van der Waals surface area contributed by atoms with Crippen LogP contribution in [0, 0.1) is 20.8 Å². The summed E-state index contributed by atoms with van der Waals surface area (Å²) in [5, 5.41) is 4.07. The number of carbonyl (C=O) groups is 1. The van der Waals surface area contributed by atoms with E-state index in [0.717, 1.165) is 59.8 Å². The van der Waals surface area contributed by atoms with E-state index >= 15 is 0 Å². The summed E-state index contributed by atoms with van der Waals surface area (Å²) >= 11 is 0. The molecule has 1 saturated heterocycles. The molecule has 3 heterocycles. The van der Waals surface area contributed by atoms with E-state index in [1.807, 2.05) is 51.1 Å². The summed E-state index contributed by atoms with van der Waals surface area (Å²) in [6.07, 6.45) is 0. The van der Waals surface area contributed by atoms with Crippen LogP contribution in [0.25, 0.3) is 11.0 Å². The number of nitrogens with one attached hydrogen (secondary N) is 1. The highest BCUT2D eigenvalue weighted by Crippen LogP contribution is 2.27. The van der Waals surface area contributed by atoms with E-state index in [2.05, 4.69) is 22.2 Å². The third-order valence-electron chi connectivity index (χ3n) is 5.82. The van der Waals surface area contributed by atoms with E-state index in [0.29, 0.717) is 12.3 Å². The number of aryl methyl sites for hydroxylation is 3. The first kappa shape index (κ1) is 19.7. The Hall–Kier alpha value is -2.57. The predicted molar refractivity (Wildman–Crippen MR) is 113 cm³/mol. The van der Waals surface area contributed by atoms with Gasteiger partial charge in [-0.05, 0) is 51.6 Å². The van der Waals surface area contributed by atoms with Gasteiger partial charge in [0, 0.05) is 43.7 Å². The highest BCUT2D eigenvalue weighted by molar-refractivity contribution is 5.99. The van der Waals surface area contributed by atoms with Crippen LogP contribution in [0.2, 0.25) is 0 Å². The fourth-order valence-electron chi connectivity index (χ4n) is 3.99. The molecule has 3 aromatic rings. The van der Waals surface area contributed by atoms with E-state index < -0.39 is 0 Å². The quantitative estimate of drug-likeness (QED) is 0.714. The molecule has 6 nitrogen and oxygen atoms in total. The molecule has 154 valence electrons. The molecule has 29 heavy (non-hydrogen) atoms. The van der Waals surface area contributed by atoms with Crippen LogP contribution in [0.4, 0.5) is 0 Å². The van der Waals surface area contributed by atoms with Crippen LogP contribution in [-0.4, -0.2) is 55.5 Å². The molecule has 1 amide bonds. The first-order chi connectivity index (χ1) is 13.9. The summed E-state index contributed by atoms with van der Waals surface area (Å²) in [5.41, 5.74) is 2.74. The van der Waals surface area contributed by atoms with Crippen molar-refractivity contribution in [3.63, 3.8) is 0 Å². The molecule has 6 heteroatoms. The second kappa shape index (κ2) is 8.05. The van der Waals surface area contributed by atoms with Gasteiger partial charge in [-0.25, -0.2) is 0 Å². The van der Waals surface area contributed by atoms with Gasteiger partial charge in [-0.3, -0.25) is 9.69 Å². The Labute approximate surface area is 171 Å². The number of likely N-dealkylation sites (N-methyl/N-ethyl adjacent to an activating group) is 1. The minimum absolute atomic E-state index is 0.00767. The number of amides is 1. The predicted octanol–water partition coefficient (Wildman–Crippen LogP) is 3.67. The maximum Gasteiger partial charge on any atom is 0.287 e.